The maximum Gasteiger partial charge on any atom is 0.264 e. The van der Waals surface area contributed by atoms with Crippen LogP contribution >= 0.6 is 0 Å². The summed E-state index contributed by atoms with van der Waals surface area (Å²) in [6, 6.07) is 5.46. The Hall–Kier alpha value is -1.88. The van der Waals surface area contributed by atoms with Crippen LogP contribution in [0.1, 0.15) is 12.8 Å². The second kappa shape index (κ2) is 5.63. The fraction of sp³-hybridized carbons (Fsp3) is 0.467. The van der Waals surface area contributed by atoms with Crippen molar-refractivity contribution in [2.75, 3.05) is 20.3 Å². The van der Waals surface area contributed by atoms with Crippen LogP contribution in [0.5, 0.6) is 5.75 Å². The van der Waals surface area contributed by atoms with E-state index in [0.717, 1.165) is 26.1 Å². The maximum absolute atomic E-state index is 12.6. The lowest BCUT2D eigenvalue weighted by molar-refractivity contribution is 0.0479. The summed E-state index contributed by atoms with van der Waals surface area (Å²) < 4.78 is 12.4. The van der Waals surface area contributed by atoms with Gasteiger partial charge >= 0.3 is 0 Å². The van der Waals surface area contributed by atoms with Gasteiger partial charge in [-0.2, -0.15) is 0 Å². The van der Waals surface area contributed by atoms with E-state index in [2.05, 4.69) is 4.98 Å². The SMILES string of the molecule is COc1cccc2ncn(CC3CCCOC3)c(=O)c12. The van der Waals surface area contributed by atoms with Gasteiger partial charge in [-0.1, -0.05) is 6.07 Å². The Morgan fingerprint density at radius 2 is 2.40 bits per heavy atom. The summed E-state index contributed by atoms with van der Waals surface area (Å²) in [5.74, 6) is 0.963. The van der Waals surface area contributed by atoms with Crippen LogP contribution in [0, 0.1) is 5.92 Å². The molecule has 20 heavy (non-hydrogen) atoms. The summed E-state index contributed by atoms with van der Waals surface area (Å²) in [5, 5.41) is 0.550. The van der Waals surface area contributed by atoms with Gasteiger partial charge in [-0.25, -0.2) is 4.98 Å². The molecule has 1 fully saturated rings. The number of ether oxygens (including phenoxy) is 2. The van der Waals surface area contributed by atoms with Gasteiger partial charge in [0.25, 0.3) is 5.56 Å². The Kier molecular flexibility index (Phi) is 3.69. The number of rotatable bonds is 3. The van der Waals surface area contributed by atoms with E-state index in [-0.39, 0.29) is 5.56 Å². The zero-order valence-electron chi connectivity index (χ0n) is 11.5. The van der Waals surface area contributed by atoms with Gasteiger partial charge in [0.1, 0.15) is 11.1 Å². The first-order valence-corrected chi connectivity index (χ1v) is 6.89. The third kappa shape index (κ3) is 2.41. The minimum atomic E-state index is -0.0435. The summed E-state index contributed by atoms with van der Waals surface area (Å²) in [6.45, 7) is 2.20. The van der Waals surface area contributed by atoms with E-state index >= 15 is 0 Å². The molecule has 1 unspecified atom stereocenters. The van der Waals surface area contributed by atoms with E-state index in [1.165, 1.54) is 0 Å². The number of aromatic nitrogens is 2. The van der Waals surface area contributed by atoms with Crippen LogP contribution < -0.4 is 10.3 Å². The predicted octanol–water partition coefficient (Wildman–Crippen LogP) is 1.83. The lowest BCUT2D eigenvalue weighted by Gasteiger charge is -2.22. The number of benzene rings is 1. The smallest absolute Gasteiger partial charge is 0.264 e. The zero-order valence-corrected chi connectivity index (χ0v) is 11.5. The third-order valence-corrected chi connectivity index (χ3v) is 3.74. The van der Waals surface area contributed by atoms with E-state index in [4.69, 9.17) is 9.47 Å². The van der Waals surface area contributed by atoms with Crippen molar-refractivity contribution in [3.63, 3.8) is 0 Å². The average molecular weight is 274 g/mol. The van der Waals surface area contributed by atoms with Gasteiger partial charge in [-0.05, 0) is 25.0 Å². The zero-order chi connectivity index (χ0) is 13.9. The third-order valence-electron chi connectivity index (χ3n) is 3.74. The molecule has 0 saturated carbocycles. The molecule has 0 N–H and O–H groups in total. The Morgan fingerprint density at radius 3 is 3.15 bits per heavy atom. The van der Waals surface area contributed by atoms with Crippen LogP contribution in [0.15, 0.2) is 29.3 Å². The summed E-state index contributed by atoms with van der Waals surface area (Å²) in [6.07, 6.45) is 3.78. The van der Waals surface area contributed by atoms with Gasteiger partial charge in [0.2, 0.25) is 0 Å². The predicted molar refractivity (Wildman–Crippen MR) is 76.1 cm³/mol. The van der Waals surface area contributed by atoms with Gasteiger partial charge in [-0.15, -0.1) is 0 Å². The quantitative estimate of drug-likeness (QED) is 0.857. The number of nitrogens with zero attached hydrogens (tertiary/aromatic N) is 2. The molecule has 3 rings (SSSR count). The number of hydrogen-bond donors (Lipinski definition) is 0. The van der Waals surface area contributed by atoms with Crippen molar-refractivity contribution in [3.8, 4) is 5.75 Å². The fourth-order valence-corrected chi connectivity index (χ4v) is 2.70. The summed E-state index contributed by atoms with van der Waals surface area (Å²) in [4.78, 5) is 16.9. The molecule has 0 radical (unpaired) electrons. The molecular formula is C15H18N2O3. The Labute approximate surface area is 117 Å². The number of hydrogen-bond acceptors (Lipinski definition) is 4. The number of methoxy groups -OCH3 is 1. The molecule has 106 valence electrons. The highest BCUT2D eigenvalue weighted by molar-refractivity contribution is 5.83. The Balaban J connectivity index is 1.99. The van der Waals surface area contributed by atoms with Crippen LogP contribution in [0.3, 0.4) is 0 Å². The molecule has 1 aromatic heterocycles. The molecule has 0 aliphatic carbocycles. The van der Waals surface area contributed by atoms with Gasteiger partial charge < -0.3 is 9.47 Å². The van der Waals surface area contributed by atoms with Crippen molar-refractivity contribution in [2.24, 2.45) is 5.92 Å². The van der Waals surface area contributed by atoms with Gasteiger partial charge in [-0.3, -0.25) is 9.36 Å². The topological polar surface area (TPSA) is 53.4 Å². The molecule has 0 amide bonds. The molecule has 1 aromatic carbocycles. The summed E-state index contributed by atoms with van der Waals surface area (Å²) in [7, 11) is 1.57. The lowest BCUT2D eigenvalue weighted by atomic mass is 10.0. The van der Waals surface area contributed by atoms with Crippen molar-refractivity contribution >= 4 is 10.9 Å². The van der Waals surface area contributed by atoms with E-state index in [1.807, 2.05) is 12.1 Å². The molecule has 0 bridgehead atoms. The fourth-order valence-electron chi connectivity index (χ4n) is 2.70. The normalized spacial score (nSPS) is 19.1. The van der Waals surface area contributed by atoms with Gasteiger partial charge in [0.05, 0.1) is 25.6 Å². The van der Waals surface area contributed by atoms with Crippen molar-refractivity contribution in [3.05, 3.63) is 34.9 Å². The first kappa shape index (κ1) is 13.1. The first-order chi connectivity index (χ1) is 9.79. The Morgan fingerprint density at radius 1 is 1.50 bits per heavy atom. The number of fused-ring (bicyclic) bond motifs is 1. The van der Waals surface area contributed by atoms with Gasteiger partial charge in [0, 0.05) is 19.1 Å². The molecule has 5 nitrogen and oxygen atoms in total. The summed E-state index contributed by atoms with van der Waals surface area (Å²) in [5.41, 5.74) is 0.628. The Bertz CT molecular complexity index is 660. The first-order valence-electron chi connectivity index (χ1n) is 6.89. The molecule has 1 aliphatic rings. The highest BCUT2D eigenvalue weighted by atomic mass is 16.5. The maximum atomic E-state index is 12.6. The van der Waals surface area contributed by atoms with E-state index in [9.17, 15) is 4.79 Å². The molecule has 0 spiro atoms. The van der Waals surface area contributed by atoms with Gasteiger partial charge in [0.15, 0.2) is 0 Å². The van der Waals surface area contributed by atoms with Crippen molar-refractivity contribution in [2.45, 2.75) is 19.4 Å². The minimum Gasteiger partial charge on any atom is -0.496 e. The molecule has 2 aromatic rings. The second-order valence-electron chi connectivity index (χ2n) is 5.14. The summed E-state index contributed by atoms with van der Waals surface area (Å²) >= 11 is 0. The van der Waals surface area contributed by atoms with Crippen LogP contribution in [0.2, 0.25) is 0 Å². The standard InChI is InChI=1S/C15H18N2O3/c1-19-13-6-2-5-12-14(13)15(18)17(10-16-12)8-11-4-3-7-20-9-11/h2,5-6,10-11H,3-4,7-9H2,1H3. The van der Waals surface area contributed by atoms with E-state index in [0.29, 0.717) is 29.1 Å². The average Bonchev–Trinajstić information content (AvgIpc) is 2.50. The van der Waals surface area contributed by atoms with E-state index < -0.39 is 0 Å². The van der Waals surface area contributed by atoms with Crippen molar-refractivity contribution in [1.82, 2.24) is 9.55 Å². The van der Waals surface area contributed by atoms with Crippen molar-refractivity contribution in [1.29, 1.82) is 0 Å². The molecule has 1 aliphatic heterocycles. The largest absolute Gasteiger partial charge is 0.496 e. The van der Waals surface area contributed by atoms with Crippen molar-refractivity contribution < 1.29 is 9.47 Å². The minimum absolute atomic E-state index is 0.0435. The van der Waals surface area contributed by atoms with E-state index in [1.54, 1.807) is 24.1 Å². The monoisotopic (exact) mass is 274 g/mol. The lowest BCUT2D eigenvalue weighted by Crippen LogP contribution is -2.28. The molecular weight excluding hydrogens is 256 g/mol. The molecule has 1 atom stereocenters. The highest BCUT2D eigenvalue weighted by Gasteiger charge is 2.16. The van der Waals surface area contributed by atoms with Crippen LogP contribution in [0.4, 0.5) is 0 Å². The molecule has 2 heterocycles. The van der Waals surface area contributed by atoms with Crippen LogP contribution in [-0.4, -0.2) is 29.9 Å². The van der Waals surface area contributed by atoms with Crippen LogP contribution in [0.25, 0.3) is 10.9 Å². The van der Waals surface area contributed by atoms with Crippen LogP contribution in [-0.2, 0) is 11.3 Å². The molecule has 1 saturated heterocycles. The highest BCUT2D eigenvalue weighted by Crippen LogP contribution is 2.20. The second-order valence-corrected chi connectivity index (χ2v) is 5.14. The molecule has 5 heteroatoms.